The number of nitrogens with one attached hydrogen (secondary N) is 1. The molecule has 0 aromatic heterocycles. The summed E-state index contributed by atoms with van der Waals surface area (Å²) in [7, 11) is 0. The van der Waals surface area contributed by atoms with Crippen molar-refractivity contribution in [1.29, 1.82) is 0 Å². The van der Waals surface area contributed by atoms with Gasteiger partial charge < -0.3 is 16.2 Å². The van der Waals surface area contributed by atoms with Crippen LogP contribution in [0, 0.1) is 5.41 Å². The largest absolute Gasteiger partial charge is 0.481 e. The summed E-state index contributed by atoms with van der Waals surface area (Å²) in [5.74, 6) is -1.25. The van der Waals surface area contributed by atoms with Crippen LogP contribution >= 0.6 is 0 Å². The lowest BCUT2D eigenvalue weighted by molar-refractivity contribution is -0.138. The number of hydrogen-bond donors (Lipinski definition) is 3. The lowest BCUT2D eigenvalue weighted by atomic mass is 9.84. The van der Waals surface area contributed by atoms with Gasteiger partial charge in [-0.2, -0.15) is 0 Å². The maximum atomic E-state index is 12.1. The molecule has 1 aromatic carbocycles. The number of benzene rings is 1. The molecule has 0 heterocycles. The summed E-state index contributed by atoms with van der Waals surface area (Å²) in [5, 5.41) is 11.7. The summed E-state index contributed by atoms with van der Waals surface area (Å²) in [4.78, 5) is 22.9. The summed E-state index contributed by atoms with van der Waals surface area (Å²) in [5.41, 5.74) is 6.21. The monoisotopic (exact) mass is 264 g/mol. The van der Waals surface area contributed by atoms with Gasteiger partial charge in [0.1, 0.15) is 0 Å². The Labute approximate surface area is 112 Å². The Hall–Kier alpha value is -2.04. The van der Waals surface area contributed by atoms with Crippen molar-refractivity contribution >= 4 is 17.6 Å². The first-order chi connectivity index (χ1) is 8.70. The third-order valence-electron chi connectivity index (χ3n) is 2.88. The van der Waals surface area contributed by atoms with Gasteiger partial charge in [0.2, 0.25) is 0 Å². The van der Waals surface area contributed by atoms with Gasteiger partial charge in [-0.05, 0) is 23.6 Å². The molecule has 1 amide bonds. The average molecular weight is 264 g/mol. The number of nitrogen functional groups attached to an aromatic ring is 1. The zero-order chi connectivity index (χ0) is 14.6. The molecule has 0 bridgehead atoms. The van der Waals surface area contributed by atoms with Crippen LogP contribution in [0.4, 0.5) is 5.69 Å². The predicted molar refractivity (Wildman–Crippen MR) is 73.8 cm³/mol. The summed E-state index contributed by atoms with van der Waals surface area (Å²) in [6.45, 7) is 5.67. The number of anilines is 1. The van der Waals surface area contributed by atoms with E-state index >= 15 is 0 Å². The van der Waals surface area contributed by atoms with Gasteiger partial charge in [-0.3, -0.25) is 9.59 Å². The Morgan fingerprint density at radius 2 is 2.00 bits per heavy atom. The molecule has 0 saturated carbocycles. The van der Waals surface area contributed by atoms with Crippen LogP contribution in [-0.2, 0) is 4.79 Å². The van der Waals surface area contributed by atoms with Crippen LogP contribution in [0.5, 0.6) is 0 Å². The molecule has 5 nitrogen and oxygen atoms in total. The van der Waals surface area contributed by atoms with Crippen molar-refractivity contribution in [3.63, 3.8) is 0 Å². The predicted octanol–water partition coefficient (Wildman–Crippen LogP) is 1.89. The molecule has 0 aliphatic heterocycles. The van der Waals surface area contributed by atoms with Gasteiger partial charge in [0.05, 0.1) is 6.42 Å². The molecule has 0 radical (unpaired) electrons. The molecule has 1 unspecified atom stereocenters. The van der Waals surface area contributed by atoms with E-state index in [-0.39, 0.29) is 17.7 Å². The maximum Gasteiger partial charge on any atom is 0.305 e. The van der Waals surface area contributed by atoms with E-state index in [9.17, 15) is 9.59 Å². The van der Waals surface area contributed by atoms with E-state index in [1.54, 1.807) is 24.3 Å². The number of rotatable bonds is 4. The first kappa shape index (κ1) is 15.0. The molecule has 0 aliphatic carbocycles. The van der Waals surface area contributed by atoms with Crippen LogP contribution in [0.1, 0.15) is 37.6 Å². The fraction of sp³-hybridized carbons (Fsp3) is 0.429. The fourth-order valence-corrected chi connectivity index (χ4v) is 1.67. The van der Waals surface area contributed by atoms with Crippen molar-refractivity contribution < 1.29 is 14.7 Å². The van der Waals surface area contributed by atoms with E-state index < -0.39 is 12.0 Å². The Morgan fingerprint density at radius 3 is 2.47 bits per heavy atom. The first-order valence-electron chi connectivity index (χ1n) is 6.08. The number of amides is 1. The second-order valence-electron chi connectivity index (χ2n) is 5.62. The molecular formula is C14H20N2O3. The minimum atomic E-state index is -0.937. The van der Waals surface area contributed by atoms with E-state index in [2.05, 4.69) is 5.32 Å². The molecule has 0 aliphatic rings. The van der Waals surface area contributed by atoms with E-state index in [1.807, 2.05) is 20.8 Å². The SMILES string of the molecule is CC(C)(C)C(CC(=O)O)NC(=O)c1cccc(N)c1. The summed E-state index contributed by atoms with van der Waals surface area (Å²) >= 11 is 0. The number of carboxylic acids is 1. The minimum absolute atomic E-state index is 0.114. The summed E-state index contributed by atoms with van der Waals surface area (Å²) in [6, 6.07) is 6.14. The van der Waals surface area contributed by atoms with Crippen LogP contribution in [-0.4, -0.2) is 23.0 Å². The van der Waals surface area contributed by atoms with Crippen molar-refractivity contribution in [2.75, 3.05) is 5.73 Å². The van der Waals surface area contributed by atoms with Gasteiger partial charge in [0.25, 0.3) is 5.91 Å². The van der Waals surface area contributed by atoms with E-state index in [0.717, 1.165) is 0 Å². The van der Waals surface area contributed by atoms with Crippen LogP contribution in [0.15, 0.2) is 24.3 Å². The van der Waals surface area contributed by atoms with Crippen LogP contribution in [0.3, 0.4) is 0 Å². The third-order valence-corrected chi connectivity index (χ3v) is 2.88. The van der Waals surface area contributed by atoms with Gasteiger partial charge >= 0.3 is 5.97 Å². The Morgan fingerprint density at radius 1 is 1.37 bits per heavy atom. The maximum absolute atomic E-state index is 12.1. The number of carboxylic acid groups (broad SMARTS) is 1. The molecule has 0 spiro atoms. The second-order valence-corrected chi connectivity index (χ2v) is 5.62. The number of nitrogens with two attached hydrogens (primary N) is 1. The fourth-order valence-electron chi connectivity index (χ4n) is 1.67. The first-order valence-corrected chi connectivity index (χ1v) is 6.08. The van der Waals surface area contributed by atoms with Crippen LogP contribution in [0.25, 0.3) is 0 Å². The molecule has 5 heteroatoms. The quantitative estimate of drug-likeness (QED) is 0.724. The lowest BCUT2D eigenvalue weighted by Crippen LogP contribution is -2.45. The highest BCUT2D eigenvalue weighted by Crippen LogP contribution is 2.22. The van der Waals surface area contributed by atoms with Gasteiger partial charge in [-0.15, -0.1) is 0 Å². The Kier molecular flexibility index (Phi) is 4.53. The van der Waals surface area contributed by atoms with Crippen LogP contribution < -0.4 is 11.1 Å². The normalized spacial score (nSPS) is 12.8. The molecular weight excluding hydrogens is 244 g/mol. The molecule has 1 aromatic rings. The number of carbonyl (C=O) groups excluding carboxylic acids is 1. The minimum Gasteiger partial charge on any atom is -0.481 e. The van der Waals surface area contributed by atoms with Gasteiger partial charge in [-0.25, -0.2) is 0 Å². The number of hydrogen-bond acceptors (Lipinski definition) is 3. The Balaban J connectivity index is 2.85. The molecule has 1 rings (SSSR count). The smallest absolute Gasteiger partial charge is 0.305 e. The topological polar surface area (TPSA) is 92.4 Å². The summed E-state index contributed by atoms with van der Waals surface area (Å²) < 4.78 is 0. The van der Waals surface area contributed by atoms with Gasteiger partial charge in [0, 0.05) is 17.3 Å². The van der Waals surface area contributed by atoms with Crippen molar-refractivity contribution in [2.45, 2.75) is 33.2 Å². The van der Waals surface area contributed by atoms with Crippen molar-refractivity contribution in [2.24, 2.45) is 5.41 Å². The number of aliphatic carboxylic acids is 1. The highest BCUT2D eigenvalue weighted by molar-refractivity contribution is 5.95. The van der Waals surface area contributed by atoms with Crippen molar-refractivity contribution in [3.8, 4) is 0 Å². The van der Waals surface area contributed by atoms with E-state index in [1.165, 1.54) is 0 Å². The highest BCUT2D eigenvalue weighted by atomic mass is 16.4. The molecule has 104 valence electrons. The zero-order valence-electron chi connectivity index (χ0n) is 11.4. The van der Waals surface area contributed by atoms with E-state index in [0.29, 0.717) is 11.3 Å². The second kappa shape index (κ2) is 5.73. The molecule has 0 saturated heterocycles. The molecule has 0 fully saturated rings. The zero-order valence-corrected chi connectivity index (χ0v) is 11.4. The van der Waals surface area contributed by atoms with E-state index in [4.69, 9.17) is 10.8 Å². The highest BCUT2D eigenvalue weighted by Gasteiger charge is 2.28. The number of carbonyl (C=O) groups is 2. The lowest BCUT2D eigenvalue weighted by Gasteiger charge is -2.30. The van der Waals surface area contributed by atoms with Gasteiger partial charge in [0.15, 0.2) is 0 Å². The van der Waals surface area contributed by atoms with Crippen molar-refractivity contribution in [1.82, 2.24) is 5.32 Å². The standard InChI is InChI=1S/C14H20N2O3/c1-14(2,3)11(8-12(17)18)16-13(19)9-5-4-6-10(15)7-9/h4-7,11H,8,15H2,1-3H3,(H,16,19)(H,17,18). The average Bonchev–Trinajstić information content (AvgIpc) is 2.26. The molecule has 1 atom stereocenters. The third kappa shape index (κ3) is 4.62. The molecule has 4 N–H and O–H groups in total. The van der Waals surface area contributed by atoms with Crippen LogP contribution in [0.2, 0.25) is 0 Å². The summed E-state index contributed by atoms with van der Waals surface area (Å²) in [6.07, 6.45) is -0.114. The van der Waals surface area contributed by atoms with Crippen molar-refractivity contribution in [3.05, 3.63) is 29.8 Å². The Bertz CT molecular complexity index is 478. The van der Waals surface area contributed by atoms with Gasteiger partial charge in [-0.1, -0.05) is 26.8 Å². The molecule has 19 heavy (non-hydrogen) atoms.